The first-order valence-corrected chi connectivity index (χ1v) is 11.8. The molecule has 31 heavy (non-hydrogen) atoms. The monoisotopic (exact) mass is 428 g/mol. The molecule has 5 aliphatic carbocycles. The summed E-state index contributed by atoms with van der Waals surface area (Å²) >= 11 is 0. The highest BCUT2D eigenvalue weighted by atomic mass is 16.5. The predicted molar refractivity (Wildman–Crippen MR) is 111 cm³/mol. The fourth-order valence-electron chi connectivity index (χ4n) is 7.35. The number of allylic oxidation sites excluding steroid dienone is 2. The molecule has 7 heteroatoms. The summed E-state index contributed by atoms with van der Waals surface area (Å²) in [4.78, 5) is 50.4. The number of amides is 3. The number of carbonyl (C=O) groups excluding carboxylic acids is 4. The van der Waals surface area contributed by atoms with Gasteiger partial charge in [0.1, 0.15) is 0 Å². The molecular weight excluding hydrogens is 396 g/mol. The van der Waals surface area contributed by atoms with Crippen molar-refractivity contribution >= 4 is 23.7 Å². The smallest absolute Gasteiger partial charge is 0.308 e. The predicted octanol–water partition coefficient (Wildman–Crippen LogP) is 2.20. The first-order chi connectivity index (χ1) is 14.9. The number of rotatable bonds is 7. The Morgan fingerprint density at radius 2 is 1.52 bits per heavy atom. The molecule has 2 atom stereocenters. The molecule has 0 aromatic carbocycles. The van der Waals surface area contributed by atoms with Gasteiger partial charge in [-0.15, -0.1) is 0 Å². The first-order valence-electron chi connectivity index (χ1n) is 11.8. The van der Waals surface area contributed by atoms with Crippen LogP contribution in [0.2, 0.25) is 0 Å². The molecule has 1 aliphatic heterocycles. The molecule has 4 saturated carbocycles. The second-order valence-electron chi connectivity index (χ2n) is 10.6. The number of likely N-dealkylation sites (tertiary alicyclic amines) is 1. The zero-order valence-electron chi connectivity index (χ0n) is 18.0. The van der Waals surface area contributed by atoms with Crippen LogP contribution < -0.4 is 5.32 Å². The fraction of sp³-hybridized carbons (Fsp3) is 0.750. The molecule has 0 aromatic rings. The van der Waals surface area contributed by atoms with E-state index in [-0.39, 0.29) is 54.5 Å². The Balaban J connectivity index is 1.03. The molecule has 6 rings (SSSR count). The van der Waals surface area contributed by atoms with Crippen molar-refractivity contribution in [2.75, 3.05) is 19.7 Å². The van der Waals surface area contributed by atoms with E-state index in [9.17, 15) is 19.2 Å². The highest BCUT2D eigenvalue weighted by Gasteiger charge is 2.51. The van der Waals surface area contributed by atoms with Gasteiger partial charge in [0.2, 0.25) is 11.8 Å². The van der Waals surface area contributed by atoms with Gasteiger partial charge in [0.25, 0.3) is 5.91 Å². The third kappa shape index (κ3) is 4.03. The van der Waals surface area contributed by atoms with Gasteiger partial charge in [-0.3, -0.25) is 24.1 Å². The average Bonchev–Trinajstić information content (AvgIpc) is 2.98. The van der Waals surface area contributed by atoms with Crippen LogP contribution in [0.1, 0.15) is 57.8 Å². The Labute approximate surface area is 182 Å². The molecule has 0 radical (unpaired) electrons. The Morgan fingerprint density at radius 3 is 2.06 bits per heavy atom. The summed E-state index contributed by atoms with van der Waals surface area (Å²) in [6, 6.07) is 0. The van der Waals surface area contributed by atoms with E-state index >= 15 is 0 Å². The maximum atomic E-state index is 12.4. The van der Waals surface area contributed by atoms with E-state index < -0.39 is 5.97 Å². The van der Waals surface area contributed by atoms with Crippen molar-refractivity contribution in [1.29, 1.82) is 0 Å². The molecule has 5 fully saturated rings. The van der Waals surface area contributed by atoms with Crippen molar-refractivity contribution in [2.24, 2.45) is 35.0 Å². The molecule has 0 aromatic heterocycles. The average molecular weight is 429 g/mol. The molecular formula is C24H32N2O5. The summed E-state index contributed by atoms with van der Waals surface area (Å²) in [5.74, 6) is 0.701. The highest BCUT2D eigenvalue weighted by Crippen LogP contribution is 2.59. The number of nitrogens with zero attached hydrogens (tertiary/aromatic N) is 1. The number of carbonyl (C=O) groups is 4. The standard InChI is InChI=1S/C24H32N2O5/c27-20(25-14-24-10-15-7-16(11-24)9-17(8-15)12-24)13-31-21(28)5-6-26-22(29)18-3-1-2-4-19(18)23(26)30/h1-2,15-19H,3-14H2,(H,25,27)/t15?,16?,17?,18-,19-,24?/m0/s1. The summed E-state index contributed by atoms with van der Waals surface area (Å²) in [6.07, 6.45) is 12.7. The SMILES string of the molecule is O=C(COC(=O)CCN1C(=O)[C@H]2CC=CC[C@@H]2C1=O)NCC12CC3CC(CC(C3)C1)C2. The van der Waals surface area contributed by atoms with Crippen LogP contribution in [0.3, 0.4) is 0 Å². The van der Waals surface area contributed by atoms with Crippen LogP contribution >= 0.6 is 0 Å². The topological polar surface area (TPSA) is 92.8 Å². The summed E-state index contributed by atoms with van der Waals surface area (Å²) in [5, 5.41) is 3.00. The lowest BCUT2D eigenvalue weighted by Gasteiger charge is -2.56. The lowest BCUT2D eigenvalue weighted by molar-refractivity contribution is -0.150. The number of hydrogen-bond donors (Lipinski definition) is 1. The number of nitrogens with one attached hydrogen (secondary N) is 1. The van der Waals surface area contributed by atoms with Gasteiger partial charge in [0.15, 0.2) is 6.61 Å². The number of esters is 1. The van der Waals surface area contributed by atoms with Gasteiger partial charge < -0.3 is 10.1 Å². The Morgan fingerprint density at radius 1 is 0.968 bits per heavy atom. The highest BCUT2D eigenvalue weighted by molar-refractivity contribution is 6.05. The first kappa shape index (κ1) is 20.7. The van der Waals surface area contributed by atoms with Gasteiger partial charge in [0, 0.05) is 13.1 Å². The third-order valence-corrected chi connectivity index (χ3v) is 8.33. The lowest BCUT2D eigenvalue weighted by atomic mass is 9.49. The molecule has 0 spiro atoms. The minimum absolute atomic E-state index is 0.0262. The molecule has 168 valence electrons. The number of hydrogen-bond acceptors (Lipinski definition) is 5. The molecule has 1 N–H and O–H groups in total. The number of fused-ring (bicyclic) bond motifs is 1. The van der Waals surface area contributed by atoms with E-state index in [0.29, 0.717) is 19.4 Å². The van der Waals surface area contributed by atoms with E-state index in [1.165, 1.54) is 43.4 Å². The number of imide groups is 1. The van der Waals surface area contributed by atoms with Crippen LogP contribution in [0.25, 0.3) is 0 Å². The molecule has 1 saturated heterocycles. The minimum Gasteiger partial charge on any atom is -0.456 e. The van der Waals surface area contributed by atoms with Gasteiger partial charge in [-0.1, -0.05) is 12.2 Å². The zero-order chi connectivity index (χ0) is 21.6. The van der Waals surface area contributed by atoms with Crippen molar-refractivity contribution in [3.05, 3.63) is 12.2 Å². The van der Waals surface area contributed by atoms with E-state index in [0.717, 1.165) is 17.8 Å². The van der Waals surface area contributed by atoms with Crippen LogP contribution in [0.15, 0.2) is 12.2 Å². The Kier molecular flexibility index (Phi) is 5.39. The van der Waals surface area contributed by atoms with Gasteiger partial charge in [-0.25, -0.2) is 0 Å². The van der Waals surface area contributed by atoms with E-state index in [2.05, 4.69) is 5.32 Å². The third-order valence-electron chi connectivity index (χ3n) is 8.33. The van der Waals surface area contributed by atoms with E-state index in [1.54, 1.807) is 0 Å². The van der Waals surface area contributed by atoms with Gasteiger partial charge in [0.05, 0.1) is 18.3 Å². The van der Waals surface area contributed by atoms with Crippen LogP contribution in [0.4, 0.5) is 0 Å². The minimum atomic E-state index is -0.557. The summed E-state index contributed by atoms with van der Waals surface area (Å²) in [5.41, 5.74) is 0.247. The van der Waals surface area contributed by atoms with Crippen LogP contribution in [0, 0.1) is 35.0 Å². The van der Waals surface area contributed by atoms with Gasteiger partial charge in [-0.05, 0) is 74.5 Å². The normalized spacial score (nSPS) is 37.8. The second-order valence-corrected chi connectivity index (χ2v) is 10.6. The van der Waals surface area contributed by atoms with Crippen LogP contribution in [-0.4, -0.2) is 48.3 Å². The van der Waals surface area contributed by atoms with Crippen molar-refractivity contribution in [3.63, 3.8) is 0 Å². The molecule has 6 aliphatic rings. The molecule has 3 amide bonds. The van der Waals surface area contributed by atoms with Crippen LogP contribution in [0.5, 0.6) is 0 Å². The summed E-state index contributed by atoms with van der Waals surface area (Å²) in [7, 11) is 0. The summed E-state index contributed by atoms with van der Waals surface area (Å²) < 4.78 is 5.11. The largest absolute Gasteiger partial charge is 0.456 e. The van der Waals surface area contributed by atoms with Crippen molar-refractivity contribution in [2.45, 2.75) is 57.8 Å². The van der Waals surface area contributed by atoms with Crippen molar-refractivity contribution in [3.8, 4) is 0 Å². The van der Waals surface area contributed by atoms with Gasteiger partial charge >= 0.3 is 5.97 Å². The lowest BCUT2D eigenvalue weighted by Crippen LogP contribution is -2.51. The van der Waals surface area contributed by atoms with Crippen molar-refractivity contribution in [1.82, 2.24) is 10.2 Å². The fourth-order valence-corrected chi connectivity index (χ4v) is 7.35. The van der Waals surface area contributed by atoms with Crippen molar-refractivity contribution < 1.29 is 23.9 Å². The van der Waals surface area contributed by atoms with E-state index in [4.69, 9.17) is 4.74 Å². The Hall–Kier alpha value is -2.18. The molecule has 1 heterocycles. The quantitative estimate of drug-likeness (QED) is 0.381. The molecule has 4 bridgehead atoms. The maximum absolute atomic E-state index is 12.4. The van der Waals surface area contributed by atoms with Gasteiger partial charge in [-0.2, -0.15) is 0 Å². The Bertz CT molecular complexity index is 758. The molecule has 0 unspecified atom stereocenters. The van der Waals surface area contributed by atoms with Crippen LogP contribution in [-0.2, 0) is 23.9 Å². The molecule has 7 nitrogen and oxygen atoms in total. The zero-order valence-corrected chi connectivity index (χ0v) is 18.0. The van der Waals surface area contributed by atoms with E-state index in [1.807, 2.05) is 12.2 Å². The second kappa shape index (κ2) is 8.06. The summed E-state index contributed by atoms with van der Waals surface area (Å²) in [6.45, 7) is 0.404. The maximum Gasteiger partial charge on any atom is 0.308 e. The number of ether oxygens (including phenoxy) is 1.